The van der Waals surface area contributed by atoms with Crippen LogP contribution in [0.4, 0.5) is 0 Å². The summed E-state index contributed by atoms with van der Waals surface area (Å²) in [6.45, 7) is 5.88. The average Bonchev–Trinajstić information content (AvgIpc) is 2.06. The van der Waals surface area contributed by atoms with E-state index in [4.69, 9.17) is 17.1 Å². The molecule has 13 heavy (non-hydrogen) atoms. The summed E-state index contributed by atoms with van der Waals surface area (Å²) in [5, 5.41) is 0. The van der Waals surface area contributed by atoms with E-state index in [1.54, 1.807) is 7.11 Å². The first-order chi connectivity index (χ1) is 6.24. The van der Waals surface area contributed by atoms with Gasteiger partial charge in [-0.2, -0.15) is 0 Å². The normalized spacial score (nSPS) is 12.0. The van der Waals surface area contributed by atoms with Crippen LogP contribution in [-0.4, -0.2) is 51.4 Å². The smallest absolute Gasteiger partial charge is 0.415 e. The van der Waals surface area contributed by atoms with Crippen molar-refractivity contribution >= 4 is 38.1 Å². The third-order valence-corrected chi connectivity index (χ3v) is 7.92. The molecule has 0 aliphatic carbocycles. The summed E-state index contributed by atoms with van der Waals surface area (Å²) in [4.78, 5) is 0. The van der Waals surface area contributed by atoms with Crippen LogP contribution in [0.3, 0.4) is 0 Å². The number of ether oxygens (including phenoxy) is 1. The van der Waals surface area contributed by atoms with Crippen LogP contribution in [0.1, 0.15) is 0 Å². The Kier molecular flexibility index (Phi) is 8.49. The second kappa shape index (κ2) is 8.05. The Morgan fingerprint density at radius 1 is 0.923 bits per heavy atom. The molecule has 0 aliphatic heterocycles. The van der Waals surface area contributed by atoms with Crippen molar-refractivity contribution in [3.8, 4) is 0 Å². The molecule has 0 saturated carbocycles. The van der Waals surface area contributed by atoms with E-state index in [0.717, 1.165) is 0 Å². The Morgan fingerprint density at radius 2 is 1.31 bits per heavy atom. The number of hydrogen-bond acceptors (Lipinski definition) is 4. The Balaban J connectivity index is 4.19. The van der Waals surface area contributed by atoms with Gasteiger partial charge in [0.1, 0.15) is 6.23 Å². The second-order valence-electron chi connectivity index (χ2n) is 2.03. The van der Waals surface area contributed by atoms with Crippen molar-refractivity contribution in [3.05, 3.63) is 0 Å². The predicted octanol–water partition coefficient (Wildman–Crippen LogP) is 0.163. The second-order valence-corrected chi connectivity index (χ2v) is 7.36. The van der Waals surface area contributed by atoms with Gasteiger partial charge in [-0.25, -0.2) is 0 Å². The molecular formula is C5H14O4Si4. The molecule has 0 amide bonds. The van der Waals surface area contributed by atoms with Gasteiger partial charge in [-0.15, -0.1) is 0 Å². The minimum atomic E-state index is -2.48. The van der Waals surface area contributed by atoms with Crippen LogP contribution < -0.4 is 0 Å². The molecule has 0 bridgehead atoms. The Hall–Kier alpha value is 0.708. The van der Waals surface area contributed by atoms with Crippen LogP contribution in [0.25, 0.3) is 0 Å². The molecule has 0 aromatic carbocycles. The van der Waals surface area contributed by atoms with Crippen LogP contribution in [-0.2, 0) is 17.1 Å². The number of rotatable bonds is 8. The van der Waals surface area contributed by atoms with E-state index in [1.165, 1.54) is 0 Å². The molecule has 0 aliphatic rings. The van der Waals surface area contributed by atoms with Gasteiger partial charge in [0.05, 0.1) is 0 Å². The summed E-state index contributed by atoms with van der Waals surface area (Å²) in [5.74, 6) is 0. The molecule has 4 nitrogen and oxygen atoms in total. The maximum Gasteiger partial charge on any atom is 0.496 e. The summed E-state index contributed by atoms with van der Waals surface area (Å²) in [6.07, 6.45) is 0.440. The minimum Gasteiger partial charge on any atom is -0.415 e. The lowest BCUT2D eigenvalue weighted by Gasteiger charge is -2.27. The first-order valence-corrected chi connectivity index (χ1v) is 9.93. The molecule has 74 valence electrons. The molecule has 0 rings (SSSR count). The highest BCUT2D eigenvalue weighted by Gasteiger charge is 2.39. The van der Waals surface area contributed by atoms with Gasteiger partial charge >= 0.3 is 8.80 Å². The fourth-order valence-corrected chi connectivity index (χ4v) is 7.21. The first-order valence-electron chi connectivity index (χ1n) is 3.78. The van der Waals surface area contributed by atoms with Gasteiger partial charge in [-0.1, -0.05) is 0 Å². The molecule has 0 fully saturated rings. The van der Waals surface area contributed by atoms with Crippen molar-refractivity contribution in [2.45, 2.75) is 19.6 Å². The monoisotopic (exact) mass is 250 g/mol. The van der Waals surface area contributed by atoms with Gasteiger partial charge in [-0.3, -0.25) is 0 Å². The Morgan fingerprint density at radius 3 is 1.54 bits per heavy atom. The summed E-state index contributed by atoms with van der Waals surface area (Å²) in [6, 6.07) is 0. The Labute approximate surface area is 88.5 Å². The molecule has 0 saturated heterocycles. The van der Waals surface area contributed by atoms with Crippen molar-refractivity contribution in [2.75, 3.05) is 13.3 Å². The predicted molar refractivity (Wildman–Crippen MR) is 55.7 cm³/mol. The van der Waals surface area contributed by atoms with Gasteiger partial charge in [0.15, 0.2) is 0 Å². The molecule has 0 atom stereocenters. The summed E-state index contributed by atoms with van der Waals surface area (Å²) in [5.41, 5.74) is 0. The van der Waals surface area contributed by atoms with Crippen LogP contribution in [0.5, 0.6) is 0 Å². The number of hydrogen-bond donors (Lipinski definition) is 0. The maximum absolute atomic E-state index is 5.56. The van der Waals surface area contributed by atoms with Gasteiger partial charge in [0.2, 0.25) is 29.3 Å². The fraction of sp³-hybridized carbons (Fsp3) is 1.00. The third-order valence-electron chi connectivity index (χ3n) is 1.09. The standard InChI is InChI=1S/C5H14O4Si4/c1-6-5-13(7-10-2,8-11-3)9-12-4/h5H2,1-4H3. The molecule has 0 heterocycles. The van der Waals surface area contributed by atoms with Crippen molar-refractivity contribution in [1.29, 1.82) is 0 Å². The highest BCUT2D eigenvalue weighted by molar-refractivity contribution is 6.73. The lowest BCUT2D eigenvalue weighted by atomic mass is 11.5. The van der Waals surface area contributed by atoms with Crippen LogP contribution in [0.2, 0.25) is 19.6 Å². The van der Waals surface area contributed by atoms with Crippen LogP contribution in [0, 0.1) is 0 Å². The van der Waals surface area contributed by atoms with Crippen LogP contribution in [0.15, 0.2) is 0 Å². The van der Waals surface area contributed by atoms with Crippen LogP contribution >= 0.6 is 0 Å². The highest BCUT2D eigenvalue weighted by Crippen LogP contribution is 2.08. The molecule has 8 heteroatoms. The van der Waals surface area contributed by atoms with Gasteiger partial charge in [0.25, 0.3) is 0 Å². The number of methoxy groups -OCH3 is 1. The zero-order valence-electron chi connectivity index (χ0n) is 8.34. The summed E-state index contributed by atoms with van der Waals surface area (Å²) >= 11 is 0. The quantitative estimate of drug-likeness (QED) is 0.575. The van der Waals surface area contributed by atoms with Crippen molar-refractivity contribution in [1.82, 2.24) is 0 Å². The molecular weight excluding hydrogens is 236 g/mol. The van der Waals surface area contributed by atoms with E-state index in [1.807, 2.05) is 19.6 Å². The maximum atomic E-state index is 5.56. The molecule has 0 N–H and O–H groups in total. The van der Waals surface area contributed by atoms with E-state index in [2.05, 4.69) is 0 Å². The molecule has 0 aromatic rings. The zero-order chi connectivity index (χ0) is 10.2. The average molecular weight is 251 g/mol. The Bertz CT molecular complexity index is 95.6. The minimum absolute atomic E-state index is 0.379. The van der Waals surface area contributed by atoms with Crippen molar-refractivity contribution in [2.24, 2.45) is 0 Å². The lowest BCUT2D eigenvalue weighted by Crippen LogP contribution is -2.52. The molecule has 0 unspecified atom stereocenters. The molecule has 0 spiro atoms. The molecule has 0 aromatic heterocycles. The van der Waals surface area contributed by atoms with Crippen molar-refractivity contribution < 1.29 is 17.1 Å². The van der Waals surface area contributed by atoms with E-state index < -0.39 is 8.80 Å². The van der Waals surface area contributed by atoms with E-state index in [0.29, 0.717) is 35.5 Å². The lowest BCUT2D eigenvalue weighted by molar-refractivity contribution is 0.170. The van der Waals surface area contributed by atoms with Gasteiger partial charge in [0, 0.05) is 7.11 Å². The van der Waals surface area contributed by atoms with Crippen molar-refractivity contribution in [3.63, 3.8) is 0 Å². The zero-order valence-corrected chi connectivity index (χ0v) is 12.3. The van der Waals surface area contributed by atoms with E-state index in [9.17, 15) is 0 Å². The topological polar surface area (TPSA) is 36.9 Å². The third kappa shape index (κ3) is 5.22. The summed E-state index contributed by atoms with van der Waals surface area (Å²) < 4.78 is 21.8. The first kappa shape index (κ1) is 13.7. The highest BCUT2D eigenvalue weighted by atomic mass is 28.5. The van der Waals surface area contributed by atoms with Gasteiger partial charge < -0.3 is 17.1 Å². The van der Waals surface area contributed by atoms with Gasteiger partial charge in [-0.05, 0) is 19.6 Å². The van der Waals surface area contributed by atoms with E-state index >= 15 is 0 Å². The van der Waals surface area contributed by atoms with E-state index in [-0.39, 0.29) is 0 Å². The molecule has 6 radical (unpaired) electrons. The largest absolute Gasteiger partial charge is 0.496 e. The SMILES string of the molecule is COC[Si](O[Si]C)(O[Si]C)O[Si]C. The summed E-state index contributed by atoms with van der Waals surface area (Å²) in [7, 11) is 0.290. The fourth-order valence-electron chi connectivity index (χ4n) is 0.794.